The molecule has 0 bridgehead atoms. The van der Waals surface area contributed by atoms with E-state index in [0.29, 0.717) is 34.0 Å². The van der Waals surface area contributed by atoms with Crippen LogP contribution in [-0.4, -0.2) is 46.3 Å². The highest BCUT2D eigenvalue weighted by molar-refractivity contribution is 6.05. The van der Waals surface area contributed by atoms with Crippen molar-refractivity contribution in [3.63, 3.8) is 0 Å². The molecule has 37 heavy (non-hydrogen) atoms. The Labute approximate surface area is 214 Å². The number of nitrogens with one attached hydrogen (secondary N) is 1. The first-order valence-electron chi connectivity index (χ1n) is 12.1. The number of hydrogen-bond donors (Lipinski definition) is 1. The lowest BCUT2D eigenvalue weighted by Crippen LogP contribution is -2.37. The molecule has 188 valence electrons. The van der Waals surface area contributed by atoms with Gasteiger partial charge in [-0.15, -0.1) is 0 Å². The molecular weight excluding hydrogens is 470 g/mol. The monoisotopic (exact) mass is 497 g/mol. The van der Waals surface area contributed by atoms with E-state index in [-0.39, 0.29) is 31.4 Å². The zero-order chi connectivity index (χ0) is 26.1. The maximum absolute atomic E-state index is 13.7. The smallest absolute Gasteiger partial charge is 0.282 e. The lowest BCUT2D eigenvalue weighted by Gasteiger charge is -2.20. The van der Waals surface area contributed by atoms with Crippen molar-refractivity contribution in [2.24, 2.45) is 0 Å². The number of nitrogens with zero attached hydrogens (tertiary/aromatic N) is 2. The van der Waals surface area contributed by atoms with E-state index in [0.717, 1.165) is 11.1 Å². The first kappa shape index (κ1) is 24.1. The summed E-state index contributed by atoms with van der Waals surface area (Å²) < 4.78 is 12.1. The van der Waals surface area contributed by atoms with Crippen LogP contribution in [-0.2, 0) is 0 Å². The molecule has 0 fully saturated rings. The summed E-state index contributed by atoms with van der Waals surface area (Å²) in [6, 6.07) is 19.8. The van der Waals surface area contributed by atoms with E-state index in [1.54, 1.807) is 25.1 Å². The Hall–Kier alpha value is -4.59. The molecule has 1 amide bonds. The van der Waals surface area contributed by atoms with Gasteiger partial charge in [0, 0.05) is 17.7 Å². The summed E-state index contributed by atoms with van der Waals surface area (Å²) >= 11 is 0. The van der Waals surface area contributed by atoms with Gasteiger partial charge in [0.25, 0.3) is 11.5 Å². The van der Waals surface area contributed by atoms with E-state index < -0.39 is 11.3 Å². The molecule has 0 radical (unpaired) electrons. The summed E-state index contributed by atoms with van der Waals surface area (Å²) in [7, 11) is 0. The van der Waals surface area contributed by atoms with Gasteiger partial charge in [-0.25, -0.2) is 4.68 Å². The number of likely N-dealkylation sites (N-methyl/N-ethyl adjacent to an activating group) is 1. The first-order valence-corrected chi connectivity index (χ1v) is 12.1. The van der Waals surface area contributed by atoms with E-state index in [1.807, 2.05) is 62.4 Å². The summed E-state index contributed by atoms with van der Waals surface area (Å²) in [5, 5.41) is 3.16. The Morgan fingerprint density at radius 2 is 1.73 bits per heavy atom. The van der Waals surface area contributed by atoms with Crippen LogP contribution in [0.5, 0.6) is 11.5 Å². The highest BCUT2D eigenvalue weighted by atomic mass is 16.7. The molecule has 1 aromatic heterocycles. The number of ether oxygens (including phenoxy) is 2. The van der Waals surface area contributed by atoms with E-state index in [4.69, 9.17) is 9.47 Å². The van der Waals surface area contributed by atoms with Crippen LogP contribution in [0.25, 0.3) is 16.9 Å². The third-order valence-electron chi connectivity index (χ3n) is 6.67. The van der Waals surface area contributed by atoms with Crippen molar-refractivity contribution >= 4 is 11.7 Å². The molecule has 1 N–H and O–H groups in total. The maximum Gasteiger partial charge on any atom is 0.282 e. The number of amides is 1. The predicted octanol–water partition coefficient (Wildman–Crippen LogP) is 4.52. The summed E-state index contributed by atoms with van der Waals surface area (Å²) in [5.74, 6) is 0.282. The second-order valence-corrected chi connectivity index (χ2v) is 8.90. The number of fused-ring (bicyclic) bond motifs is 1. The normalized spacial score (nSPS) is 12.0. The molecule has 8 nitrogen and oxygen atoms in total. The Kier molecular flexibility index (Phi) is 6.40. The molecular formula is C29H27N3O5. The zero-order valence-corrected chi connectivity index (χ0v) is 20.9. The van der Waals surface area contributed by atoms with Gasteiger partial charge in [-0.3, -0.25) is 19.5 Å². The Bertz CT molecular complexity index is 1550. The van der Waals surface area contributed by atoms with Gasteiger partial charge in [-0.05, 0) is 56.2 Å². The number of Topliss-reactive ketones (excluding diaryl/α,β-unsaturated/α-hetero) is 1. The van der Waals surface area contributed by atoms with Gasteiger partial charge in [0.2, 0.25) is 6.79 Å². The van der Waals surface area contributed by atoms with Crippen molar-refractivity contribution in [2.75, 3.05) is 19.9 Å². The second-order valence-electron chi connectivity index (χ2n) is 8.90. The van der Waals surface area contributed by atoms with Crippen LogP contribution in [0.3, 0.4) is 0 Å². The van der Waals surface area contributed by atoms with Crippen LogP contribution in [0.15, 0.2) is 71.5 Å². The van der Waals surface area contributed by atoms with E-state index in [2.05, 4.69) is 5.10 Å². The number of rotatable bonds is 7. The Balaban J connectivity index is 1.53. The molecule has 4 aromatic rings. The molecule has 0 aliphatic carbocycles. The highest BCUT2D eigenvalue weighted by Crippen LogP contribution is 2.33. The van der Waals surface area contributed by atoms with Crippen molar-refractivity contribution in [1.82, 2.24) is 14.7 Å². The maximum atomic E-state index is 13.7. The molecule has 0 saturated carbocycles. The quantitative estimate of drug-likeness (QED) is 0.379. The average molecular weight is 498 g/mol. The minimum atomic E-state index is -0.455. The molecule has 0 saturated heterocycles. The molecule has 2 heterocycles. The van der Waals surface area contributed by atoms with Crippen LogP contribution < -0.4 is 15.0 Å². The minimum Gasteiger partial charge on any atom is -0.454 e. The van der Waals surface area contributed by atoms with Gasteiger partial charge in [-0.2, -0.15) is 0 Å². The van der Waals surface area contributed by atoms with Gasteiger partial charge in [0.05, 0.1) is 17.9 Å². The van der Waals surface area contributed by atoms with E-state index in [9.17, 15) is 14.4 Å². The number of carbonyl (C=O) groups is 2. The Morgan fingerprint density at radius 1 is 0.973 bits per heavy atom. The third-order valence-corrected chi connectivity index (χ3v) is 6.67. The fourth-order valence-electron chi connectivity index (χ4n) is 4.45. The number of ketones is 1. The second kappa shape index (κ2) is 9.81. The van der Waals surface area contributed by atoms with Crippen molar-refractivity contribution in [1.29, 1.82) is 0 Å². The van der Waals surface area contributed by atoms with Gasteiger partial charge in [-0.1, -0.05) is 42.5 Å². The molecule has 1 aliphatic heterocycles. The average Bonchev–Trinajstić information content (AvgIpc) is 3.52. The van der Waals surface area contributed by atoms with Crippen molar-refractivity contribution < 1.29 is 19.1 Å². The minimum absolute atomic E-state index is 0.0176. The number of benzene rings is 3. The van der Waals surface area contributed by atoms with Crippen molar-refractivity contribution in [2.45, 2.75) is 20.8 Å². The largest absolute Gasteiger partial charge is 0.454 e. The van der Waals surface area contributed by atoms with Gasteiger partial charge < -0.3 is 14.4 Å². The molecule has 0 unspecified atom stereocenters. The number of hydrogen-bond acceptors (Lipinski definition) is 5. The fourth-order valence-corrected chi connectivity index (χ4v) is 4.45. The number of aryl methyl sites for hydroxylation is 1. The Morgan fingerprint density at radius 3 is 2.49 bits per heavy atom. The number of carbonyl (C=O) groups excluding carboxylic acids is 2. The van der Waals surface area contributed by atoms with Crippen LogP contribution >= 0.6 is 0 Å². The number of aromatic amines is 1. The summed E-state index contributed by atoms with van der Waals surface area (Å²) in [6.07, 6.45) is 0. The predicted molar refractivity (Wildman–Crippen MR) is 140 cm³/mol. The van der Waals surface area contributed by atoms with Crippen LogP contribution in [0.2, 0.25) is 0 Å². The molecule has 0 spiro atoms. The van der Waals surface area contributed by atoms with Crippen LogP contribution in [0.1, 0.15) is 38.8 Å². The topological polar surface area (TPSA) is 93.6 Å². The summed E-state index contributed by atoms with van der Waals surface area (Å²) in [6.45, 7) is 5.84. The lowest BCUT2D eigenvalue weighted by atomic mass is 10.0. The molecule has 8 heteroatoms. The third kappa shape index (κ3) is 4.42. The van der Waals surface area contributed by atoms with Crippen molar-refractivity contribution in [3.8, 4) is 28.4 Å². The fraction of sp³-hybridized carbons (Fsp3) is 0.207. The van der Waals surface area contributed by atoms with Gasteiger partial charge in [0.15, 0.2) is 17.3 Å². The SMILES string of the molecule is CCN(CC(=O)c1c(-c2ccccc2)[nH]n(-c2cccc(C)c2C)c1=O)C(=O)c1ccc2c(c1)OCO2. The van der Waals surface area contributed by atoms with E-state index >= 15 is 0 Å². The van der Waals surface area contributed by atoms with Gasteiger partial charge in [0.1, 0.15) is 5.56 Å². The molecule has 1 aliphatic rings. The lowest BCUT2D eigenvalue weighted by molar-refractivity contribution is 0.0717. The molecule has 0 atom stereocenters. The number of H-pyrrole nitrogens is 1. The standard InChI is InChI=1S/C29H27N3O5/c1-4-31(28(34)21-13-14-24-25(15-21)37-17-36-24)16-23(33)26-27(20-10-6-5-7-11-20)30-32(29(26)35)22-12-8-9-18(2)19(22)3/h5-15,30H,4,16-17H2,1-3H3. The summed E-state index contributed by atoms with van der Waals surface area (Å²) in [4.78, 5) is 42.1. The molecule has 5 rings (SSSR count). The number of aromatic nitrogens is 2. The van der Waals surface area contributed by atoms with Crippen LogP contribution in [0, 0.1) is 13.8 Å². The highest BCUT2D eigenvalue weighted by Gasteiger charge is 2.27. The zero-order valence-electron chi connectivity index (χ0n) is 20.9. The summed E-state index contributed by atoms with van der Waals surface area (Å²) in [5.41, 5.74) is 3.69. The van der Waals surface area contributed by atoms with Crippen molar-refractivity contribution in [3.05, 3.63) is 99.3 Å². The molecule has 3 aromatic carbocycles. The van der Waals surface area contributed by atoms with Gasteiger partial charge >= 0.3 is 0 Å². The van der Waals surface area contributed by atoms with E-state index in [1.165, 1.54) is 9.58 Å². The van der Waals surface area contributed by atoms with Crippen LogP contribution in [0.4, 0.5) is 0 Å². The first-order chi connectivity index (χ1) is 17.9.